The fourth-order valence-corrected chi connectivity index (χ4v) is 2.82. The Balaban J connectivity index is 2.17. The first-order valence-electron chi connectivity index (χ1n) is 6.82. The van der Waals surface area contributed by atoms with E-state index in [1.807, 2.05) is 56.3 Å². The van der Waals surface area contributed by atoms with Crippen LogP contribution < -0.4 is 16.0 Å². The molecule has 0 fully saturated rings. The number of nitrogens with zero attached hydrogens (tertiary/aromatic N) is 2. The highest BCUT2D eigenvalue weighted by Gasteiger charge is 2.20. The number of nitrogen functional groups attached to an aromatic ring is 1. The van der Waals surface area contributed by atoms with Gasteiger partial charge in [-0.1, -0.05) is 48.6 Å². The van der Waals surface area contributed by atoms with Crippen molar-refractivity contribution < 1.29 is 4.79 Å². The Hall–Kier alpha value is -2.08. The molecule has 0 aliphatic carbocycles. The van der Waals surface area contributed by atoms with Crippen LogP contribution in [0.5, 0.6) is 0 Å². The molecular weight excluding hydrogens is 284 g/mol. The molecule has 112 valence electrons. The van der Waals surface area contributed by atoms with Gasteiger partial charge < -0.3 is 16.0 Å². The summed E-state index contributed by atoms with van der Waals surface area (Å²) in [6.45, 7) is 2.04. The molecule has 0 bridgehead atoms. The lowest BCUT2D eigenvalue weighted by atomic mass is 10.0. The first kappa shape index (κ1) is 15.3. The van der Waals surface area contributed by atoms with Gasteiger partial charge in [0, 0.05) is 14.1 Å². The van der Waals surface area contributed by atoms with Crippen LogP contribution in [-0.4, -0.2) is 25.0 Å². The van der Waals surface area contributed by atoms with Crippen molar-refractivity contribution in [3.8, 4) is 0 Å². The SMILES string of the molecule is CCC(NC(=O)c1sc(N(C)C)nc1N)c1ccccc1. The van der Waals surface area contributed by atoms with Gasteiger partial charge in [0.05, 0.1) is 6.04 Å². The molecule has 0 saturated heterocycles. The van der Waals surface area contributed by atoms with E-state index < -0.39 is 0 Å². The van der Waals surface area contributed by atoms with Crippen LogP contribution in [-0.2, 0) is 0 Å². The minimum atomic E-state index is -0.172. The van der Waals surface area contributed by atoms with Gasteiger partial charge in [0.1, 0.15) is 10.7 Å². The number of anilines is 2. The Morgan fingerprint density at radius 3 is 2.57 bits per heavy atom. The second kappa shape index (κ2) is 6.58. The number of nitrogens with one attached hydrogen (secondary N) is 1. The summed E-state index contributed by atoms with van der Waals surface area (Å²) in [5.41, 5.74) is 6.94. The summed E-state index contributed by atoms with van der Waals surface area (Å²) in [4.78, 5) is 18.9. The monoisotopic (exact) mass is 304 g/mol. The van der Waals surface area contributed by atoms with Crippen molar-refractivity contribution in [3.05, 3.63) is 40.8 Å². The van der Waals surface area contributed by atoms with Gasteiger partial charge in [-0.3, -0.25) is 4.79 Å². The van der Waals surface area contributed by atoms with Gasteiger partial charge in [0.25, 0.3) is 5.91 Å². The van der Waals surface area contributed by atoms with Gasteiger partial charge in [0.2, 0.25) is 0 Å². The molecule has 1 atom stereocenters. The molecule has 0 aliphatic rings. The van der Waals surface area contributed by atoms with E-state index in [1.165, 1.54) is 11.3 Å². The predicted octanol–water partition coefficient (Wildman–Crippen LogP) is 2.67. The maximum absolute atomic E-state index is 12.4. The number of thiazole rings is 1. The van der Waals surface area contributed by atoms with Gasteiger partial charge in [-0.2, -0.15) is 0 Å². The second-order valence-electron chi connectivity index (χ2n) is 4.95. The molecule has 0 aliphatic heterocycles. The van der Waals surface area contributed by atoms with Crippen LogP contribution in [0, 0.1) is 0 Å². The van der Waals surface area contributed by atoms with E-state index in [-0.39, 0.29) is 17.8 Å². The lowest BCUT2D eigenvalue weighted by Gasteiger charge is -2.16. The maximum Gasteiger partial charge on any atom is 0.265 e. The smallest absolute Gasteiger partial charge is 0.265 e. The van der Waals surface area contributed by atoms with E-state index in [4.69, 9.17) is 5.73 Å². The van der Waals surface area contributed by atoms with E-state index in [1.54, 1.807) is 0 Å². The zero-order valence-corrected chi connectivity index (χ0v) is 13.3. The molecule has 2 aromatic rings. The van der Waals surface area contributed by atoms with Crippen molar-refractivity contribution in [3.63, 3.8) is 0 Å². The topological polar surface area (TPSA) is 71.2 Å². The fraction of sp³-hybridized carbons (Fsp3) is 0.333. The first-order chi connectivity index (χ1) is 10.0. The zero-order chi connectivity index (χ0) is 15.4. The van der Waals surface area contributed by atoms with Crippen LogP contribution in [0.3, 0.4) is 0 Å². The number of amides is 1. The third kappa shape index (κ3) is 3.52. The lowest BCUT2D eigenvalue weighted by Crippen LogP contribution is -2.28. The Labute approximate surface area is 128 Å². The van der Waals surface area contributed by atoms with Crippen LogP contribution in [0.25, 0.3) is 0 Å². The Morgan fingerprint density at radius 1 is 1.38 bits per heavy atom. The van der Waals surface area contributed by atoms with E-state index in [9.17, 15) is 4.79 Å². The summed E-state index contributed by atoms with van der Waals surface area (Å²) in [5.74, 6) is 0.109. The second-order valence-corrected chi connectivity index (χ2v) is 5.93. The van der Waals surface area contributed by atoms with Gasteiger partial charge >= 0.3 is 0 Å². The number of rotatable bonds is 5. The Morgan fingerprint density at radius 2 is 2.05 bits per heavy atom. The third-order valence-corrected chi connectivity index (χ3v) is 4.38. The molecule has 1 aromatic carbocycles. The highest BCUT2D eigenvalue weighted by atomic mass is 32.1. The van der Waals surface area contributed by atoms with Crippen LogP contribution >= 0.6 is 11.3 Å². The third-order valence-electron chi connectivity index (χ3n) is 3.15. The van der Waals surface area contributed by atoms with Crippen molar-refractivity contribution in [2.24, 2.45) is 0 Å². The number of hydrogen-bond donors (Lipinski definition) is 2. The molecule has 1 aromatic heterocycles. The highest BCUT2D eigenvalue weighted by Crippen LogP contribution is 2.27. The Kier molecular flexibility index (Phi) is 4.80. The van der Waals surface area contributed by atoms with Crippen molar-refractivity contribution >= 4 is 28.2 Å². The van der Waals surface area contributed by atoms with Crippen molar-refractivity contribution in [2.75, 3.05) is 24.7 Å². The summed E-state index contributed by atoms with van der Waals surface area (Å²) < 4.78 is 0. The van der Waals surface area contributed by atoms with Gasteiger partial charge in [-0.25, -0.2) is 4.98 Å². The predicted molar refractivity (Wildman–Crippen MR) is 87.8 cm³/mol. The average Bonchev–Trinajstić information content (AvgIpc) is 2.88. The summed E-state index contributed by atoms with van der Waals surface area (Å²) in [6.07, 6.45) is 0.814. The molecule has 2 rings (SSSR count). The Bertz CT molecular complexity index is 609. The molecular formula is C15H20N4OS. The number of nitrogens with two attached hydrogens (primary N) is 1. The van der Waals surface area contributed by atoms with Crippen LogP contribution in [0.1, 0.15) is 34.6 Å². The quantitative estimate of drug-likeness (QED) is 0.891. The van der Waals surface area contributed by atoms with E-state index >= 15 is 0 Å². The van der Waals surface area contributed by atoms with E-state index in [0.29, 0.717) is 4.88 Å². The number of benzene rings is 1. The van der Waals surface area contributed by atoms with Gasteiger partial charge in [0.15, 0.2) is 5.13 Å². The lowest BCUT2D eigenvalue weighted by molar-refractivity contribution is 0.0940. The van der Waals surface area contributed by atoms with E-state index in [2.05, 4.69) is 10.3 Å². The largest absolute Gasteiger partial charge is 0.382 e. The van der Waals surface area contributed by atoms with Crippen molar-refractivity contribution in [1.82, 2.24) is 10.3 Å². The van der Waals surface area contributed by atoms with Crippen molar-refractivity contribution in [2.45, 2.75) is 19.4 Å². The fourth-order valence-electron chi connectivity index (χ4n) is 2.00. The van der Waals surface area contributed by atoms with Gasteiger partial charge in [-0.15, -0.1) is 0 Å². The molecule has 21 heavy (non-hydrogen) atoms. The molecule has 0 saturated carbocycles. The molecule has 1 heterocycles. The minimum Gasteiger partial charge on any atom is -0.382 e. The minimum absolute atomic E-state index is 0.0250. The maximum atomic E-state index is 12.4. The normalized spacial score (nSPS) is 12.0. The standard InChI is InChI=1S/C15H20N4OS/c1-4-11(10-8-6-5-7-9-10)17-14(20)12-13(16)18-15(21-12)19(2)3/h5-9,11H,4,16H2,1-3H3,(H,17,20). The zero-order valence-electron chi connectivity index (χ0n) is 12.5. The van der Waals surface area contributed by atoms with Crippen LogP contribution in [0.15, 0.2) is 30.3 Å². The molecule has 0 spiro atoms. The summed E-state index contributed by atoms with van der Waals surface area (Å²) in [5, 5.41) is 3.75. The number of carbonyl (C=O) groups is 1. The molecule has 5 nitrogen and oxygen atoms in total. The number of aromatic nitrogens is 1. The number of carbonyl (C=O) groups excluding carboxylic acids is 1. The van der Waals surface area contributed by atoms with Crippen molar-refractivity contribution in [1.29, 1.82) is 0 Å². The summed E-state index contributed by atoms with van der Waals surface area (Å²) in [6, 6.07) is 9.89. The first-order valence-corrected chi connectivity index (χ1v) is 7.64. The van der Waals surface area contributed by atoms with Crippen LogP contribution in [0.2, 0.25) is 0 Å². The molecule has 1 unspecified atom stereocenters. The highest BCUT2D eigenvalue weighted by molar-refractivity contribution is 7.18. The van der Waals surface area contributed by atoms with Crippen LogP contribution in [0.4, 0.5) is 10.9 Å². The molecule has 0 radical (unpaired) electrons. The molecule has 6 heteroatoms. The number of hydrogen-bond acceptors (Lipinski definition) is 5. The van der Waals surface area contributed by atoms with Gasteiger partial charge in [-0.05, 0) is 12.0 Å². The summed E-state index contributed by atoms with van der Waals surface area (Å²) >= 11 is 1.30. The van der Waals surface area contributed by atoms with E-state index in [0.717, 1.165) is 17.1 Å². The average molecular weight is 304 g/mol. The molecule has 1 amide bonds. The molecule has 3 N–H and O–H groups in total. The summed E-state index contributed by atoms with van der Waals surface area (Å²) in [7, 11) is 3.75.